The van der Waals surface area contributed by atoms with Crippen LogP contribution in [0.2, 0.25) is 0 Å². The van der Waals surface area contributed by atoms with E-state index >= 15 is 0 Å². The highest BCUT2D eigenvalue weighted by Gasteiger charge is 2.23. The normalized spacial score (nSPS) is 16.5. The van der Waals surface area contributed by atoms with E-state index in [1.807, 2.05) is 13.8 Å². The number of carbonyl (C=O) groups is 1. The molecule has 1 aromatic rings. The van der Waals surface area contributed by atoms with Crippen LogP contribution in [0.3, 0.4) is 0 Å². The van der Waals surface area contributed by atoms with E-state index in [9.17, 15) is 13.2 Å². The predicted octanol–water partition coefficient (Wildman–Crippen LogP) is 3.14. The van der Waals surface area contributed by atoms with Crippen LogP contribution in [0.1, 0.15) is 56.3 Å². The lowest BCUT2D eigenvalue weighted by atomic mass is 10.0. The number of ketones is 1. The van der Waals surface area contributed by atoms with Gasteiger partial charge >= 0.3 is 0 Å². The monoisotopic (exact) mass is 309 g/mol. The van der Waals surface area contributed by atoms with E-state index in [0.29, 0.717) is 17.9 Å². The molecule has 21 heavy (non-hydrogen) atoms. The molecule has 0 radical (unpaired) electrons. The first-order valence-corrected chi connectivity index (χ1v) is 9.02. The summed E-state index contributed by atoms with van der Waals surface area (Å²) in [6.45, 7) is 3.98. The van der Waals surface area contributed by atoms with Crippen LogP contribution in [0.25, 0.3) is 0 Å². The fourth-order valence-electron chi connectivity index (χ4n) is 2.64. The van der Waals surface area contributed by atoms with Gasteiger partial charge < -0.3 is 0 Å². The molecule has 0 unspecified atom stereocenters. The average Bonchev–Trinajstić information content (AvgIpc) is 2.90. The lowest BCUT2D eigenvalue weighted by molar-refractivity contribution is 0.0967. The Bertz CT molecular complexity index is 584. The topological polar surface area (TPSA) is 63.2 Å². The average molecular weight is 309 g/mol. The van der Waals surface area contributed by atoms with Gasteiger partial charge in [-0.1, -0.05) is 38.8 Å². The van der Waals surface area contributed by atoms with Gasteiger partial charge in [-0.15, -0.1) is 0 Å². The van der Waals surface area contributed by atoms with Gasteiger partial charge in [-0.25, -0.2) is 13.1 Å². The van der Waals surface area contributed by atoms with Gasteiger partial charge in [0.25, 0.3) is 0 Å². The molecule has 1 aromatic carbocycles. The Balaban J connectivity index is 2.08. The number of hydrogen-bond donors (Lipinski definition) is 1. The first-order valence-electron chi connectivity index (χ1n) is 7.54. The summed E-state index contributed by atoms with van der Waals surface area (Å²) in [5, 5.41) is 0. The number of Topliss-reactive ketones (excluding diaryl/α,β-unsaturated/α-hetero) is 1. The van der Waals surface area contributed by atoms with Gasteiger partial charge in [-0.05, 0) is 30.9 Å². The van der Waals surface area contributed by atoms with Gasteiger partial charge in [0.1, 0.15) is 0 Å². The second kappa shape index (κ2) is 6.71. The Kier molecular flexibility index (Phi) is 5.17. The highest BCUT2D eigenvalue weighted by atomic mass is 32.2. The number of benzene rings is 1. The predicted molar refractivity (Wildman–Crippen MR) is 82.8 cm³/mol. The summed E-state index contributed by atoms with van der Waals surface area (Å²) in [6, 6.07) is 6.30. The van der Waals surface area contributed by atoms with Crippen LogP contribution in [-0.4, -0.2) is 20.2 Å². The fraction of sp³-hybridized carbons (Fsp3) is 0.562. The van der Waals surface area contributed by atoms with Crippen molar-refractivity contribution < 1.29 is 13.2 Å². The Morgan fingerprint density at radius 1 is 1.19 bits per heavy atom. The van der Waals surface area contributed by atoms with Gasteiger partial charge in [0.15, 0.2) is 5.78 Å². The third-order valence-corrected chi connectivity index (χ3v) is 5.29. The summed E-state index contributed by atoms with van der Waals surface area (Å²) in [7, 11) is -3.47. The van der Waals surface area contributed by atoms with Crippen molar-refractivity contribution in [2.75, 3.05) is 0 Å². The van der Waals surface area contributed by atoms with Crippen molar-refractivity contribution in [3.8, 4) is 0 Å². The summed E-state index contributed by atoms with van der Waals surface area (Å²) in [5.74, 6) is 0.350. The molecule has 1 aliphatic rings. The van der Waals surface area contributed by atoms with Crippen LogP contribution >= 0.6 is 0 Å². The number of nitrogens with one attached hydrogen (secondary N) is 1. The van der Waals surface area contributed by atoms with Crippen molar-refractivity contribution in [3.05, 3.63) is 29.8 Å². The molecule has 2 rings (SSSR count). The molecule has 1 saturated carbocycles. The number of rotatable bonds is 6. The molecule has 1 fully saturated rings. The van der Waals surface area contributed by atoms with E-state index in [-0.39, 0.29) is 16.7 Å². The molecule has 5 heteroatoms. The number of carbonyl (C=O) groups excluding carboxylic acids is 1. The molecule has 0 aromatic heterocycles. The van der Waals surface area contributed by atoms with Crippen molar-refractivity contribution in [1.82, 2.24) is 4.72 Å². The molecular formula is C16H23NO3S. The molecule has 0 heterocycles. The number of sulfonamides is 1. The van der Waals surface area contributed by atoms with E-state index in [4.69, 9.17) is 0 Å². The first-order chi connectivity index (χ1) is 9.88. The maximum absolute atomic E-state index is 12.3. The standard InChI is InChI=1S/C16H23NO3S/c1-12(2)11-16(18)13-7-9-15(10-8-13)21(19,20)17-14-5-3-4-6-14/h7-10,12,14,17H,3-6,11H2,1-2H3. The summed E-state index contributed by atoms with van der Waals surface area (Å²) >= 11 is 0. The van der Waals surface area contributed by atoms with Crippen LogP contribution < -0.4 is 4.72 Å². The molecule has 0 spiro atoms. The zero-order valence-electron chi connectivity index (χ0n) is 12.6. The SMILES string of the molecule is CC(C)CC(=O)c1ccc(S(=O)(=O)NC2CCCC2)cc1. The van der Waals surface area contributed by atoms with Crippen molar-refractivity contribution in [2.24, 2.45) is 5.92 Å². The second-order valence-electron chi connectivity index (χ2n) is 6.15. The van der Waals surface area contributed by atoms with Crippen LogP contribution in [0.5, 0.6) is 0 Å². The van der Waals surface area contributed by atoms with Gasteiger partial charge in [0.2, 0.25) is 10.0 Å². The lowest BCUT2D eigenvalue weighted by Gasteiger charge is -2.12. The zero-order valence-corrected chi connectivity index (χ0v) is 13.4. The first kappa shape index (κ1) is 16.2. The summed E-state index contributed by atoms with van der Waals surface area (Å²) in [4.78, 5) is 12.2. The third-order valence-electron chi connectivity index (χ3n) is 3.76. The summed E-state index contributed by atoms with van der Waals surface area (Å²) in [5.41, 5.74) is 0.573. The highest BCUT2D eigenvalue weighted by Crippen LogP contribution is 2.21. The lowest BCUT2D eigenvalue weighted by Crippen LogP contribution is -2.32. The van der Waals surface area contributed by atoms with E-state index in [0.717, 1.165) is 25.7 Å². The third kappa shape index (κ3) is 4.38. The Morgan fingerprint density at radius 2 is 1.76 bits per heavy atom. The van der Waals surface area contributed by atoms with Gasteiger partial charge in [0.05, 0.1) is 4.90 Å². The van der Waals surface area contributed by atoms with E-state index in [1.54, 1.807) is 12.1 Å². The smallest absolute Gasteiger partial charge is 0.240 e. The molecule has 1 aliphatic carbocycles. The fourth-order valence-corrected chi connectivity index (χ4v) is 3.94. The molecule has 1 N–H and O–H groups in total. The molecule has 116 valence electrons. The van der Waals surface area contributed by atoms with Crippen LogP contribution in [0.4, 0.5) is 0 Å². The molecule has 4 nitrogen and oxygen atoms in total. The van der Waals surface area contributed by atoms with E-state index in [1.165, 1.54) is 12.1 Å². The second-order valence-corrected chi connectivity index (χ2v) is 7.86. The van der Waals surface area contributed by atoms with Crippen molar-refractivity contribution in [2.45, 2.75) is 56.9 Å². The van der Waals surface area contributed by atoms with Crippen LogP contribution in [0, 0.1) is 5.92 Å². The van der Waals surface area contributed by atoms with Crippen molar-refractivity contribution >= 4 is 15.8 Å². The molecule has 0 saturated heterocycles. The van der Waals surface area contributed by atoms with Crippen LogP contribution in [0.15, 0.2) is 29.2 Å². The van der Waals surface area contributed by atoms with Crippen molar-refractivity contribution in [3.63, 3.8) is 0 Å². The summed E-state index contributed by atoms with van der Waals surface area (Å²) in [6.07, 6.45) is 4.45. The molecule has 0 amide bonds. The Labute approximate surface area is 127 Å². The molecule has 0 atom stereocenters. The largest absolute Gasteiger partial charge is 0.294 e. The highest BCUT2D eigenvalue weighted by molar-refractivity contribution is 7.89. The minimum atomic E-state index is -3.47. The van der Waals surface area contributed by atoms with Gasteiger partial charge in [0, 0.05) is 18.0 Å². The van der Waals surface area contributed by atoms with Crippen molar-refractivity contribution in [1.29, 1.82) is 0 Å². The number of hydrogen-bond acceptors (Lipinski definition) is 3. The van der Waals surface area contributed by atoms with E-state index < -0.39 is 10.0 Å². The maximum atomic E-state index is 12.3. The molecule has 0 bridgehead atoms. The Morgan fingerprint density at radius 3 is 2.29 bits per heavy atom. The van der Waals surface area contributed by atoms with Gasteiger partial charge in [-0.2, -0.15) is 0 Å². The van der Waals surface area contributed by atoms with E-state index in [2.05, 4.69) is 4.72 Å². The van der Waals surface area contributed by atoms with Gasteiger partial charge in [-0.3, -0.25) is 4.79 Å². The van der Waals surface area contributed by atoms with Crippen LogP contribution in [-0.2, 0) is 10.0 Å². The maximum Gasteiger partial charge on any atom is 0.240 e. The minimum Gasteiger partial charge on any atom is -0.294 e. The molecule has 0 aliphatic heterocycles. The minimum absolute atomic E-state index is 0.0530. The molecular weight excluding hydrogens is 286 g/mol. The summed E-state index contributed by atoms with van der Waals surface area (Å²) < 4.78 is 27.2. The Hall–Kier alpha value is -1.20. The zero-order chi connectivity index (χ0) is 15.5. The quantitative estimate of drug-likeness (QED) is 0.821.